The Hall–Kier alpha value is -0.770. The highest BCUT2D eigenvalue weighted by atomic mass is 35.5. The van der Waals surface area contributed by atoms with Crippen LogP contribution in [0.3, 0.4) is 0 Å². The van der Waals surface area contributed by atoms with Gasteiger partial charge in [0.2, 0.25) is 0 Å². The fourth-order valence-corrected chi connectivity index (χ4v) is 3.83. The van der Waals surface area contributed by atoms with E-state index in [1.54, 1.807) is 6.07 Å². The maximum Gasteiger partial charge on any atom is 0.180 e. The minimum Gasteiger partial charge on any atom is -0.375 e. The number of thiazole rings is 1. The molecule has 1 aromatic carbocycles. The number of hydrogen-bond donors (Lipinski definition) is 1. The number of nitrogens with zero attached hydrogens (tertiary/aromatic N) is 1. The molecule has 5 heteroatoms. The van der Waals surface area contributed by atoms with Crippen LogP contribution in [0.2, 0.25) is 10.0 Å². The molecular formula is C13H12Cl2N2S. The molecule has 1 heterocycles. The third-order valence-corrected chi connectivity index (χ3v) is 4.89. The molecule has 2 aromatic rings. The van der Waals surface area contributed by atoms with E-state index in [4.69, 9.17) is 28.9 Å². The summed E-state index contributed by atoms with van der Waals surface area (Å²) < 4.78 is 0. The molecule has 1 aromatic heterocycles. The van der Waals surface area contributed by atoms with Crippen LogP contribution in [0.25, 0.3) is 0 Å². The summed E-state index contributed by atoms with van der Waals surface area (Å²) in [4.78, 5) is 4.45. The number of halogens is 2. The summed E-state index contributed by atoms with van der Waals surface area (Å²) in [6.45, 7) is 0. The monoisotopic (exact) mass is 298 g/mol. The van der Waals surface area contributed by atoms with Gasteiger partial charge in [0.05, 0.1) is 5.69 Å². The molecule has 0 bridgehead atoms. The molecule has 0 atom stereocenters. The van der Waals surface area contributed by atoms with Gasteiger partial charge in [-0.15, -0.1) is 11.3 Å². The van der Waals surface area contributed by atoms with E-state index < -0.39 is 0 Å². The lowest BCUT2D eigenvalue weighted by Crippen LogP contribution is -2.36. The first kappa shape index (κ1) is 12.3. The quantitative estimate of drug-likeness (QED) is 0.886. The van der Waals surface area contributed by atoms with Crippen molar-refractivity contribution in [2.75, 3.05) is 5.73 Å². The second kappa shape index (κ2) is 4.41. The fraction of sp³-hybridized carbons (Fsp3) is 0.308. The highest BCUT2D eigenvalue weighted by Crippen LogP contribution is 2.51. The third kappa shape index (κ3) is 1.81. The third-order valence-electron chi connectivity index (χ3n) is 3.67. The van der Waals surface area contributed by atoms with Crippen LogP contribution in [-0.4, -0.2) is 4.98 Å². The lowest BCUT2D eigenvalue weighted by molar-refractivity contribution is 0.295. The van der Waals surface area contributed by atoms with E-state index in [0.717, 1.165) is 24.1 Å². The maximum atomic E-state index is 6.34. The molecule has 1 aliphatic carbocycles. The molecule has 18 heavy (non-hydrogen) atoms. The molecule has 1 fully saturated rings. The first-order valence-corrected chi connectivity index (χ1v) is 7.42. The SMILES string of the molecule is Nc1nc(C2(c3ccc(Cl)cc3Cl)CCC2)cs1. The van der Waals surface area contributed by atoms with E-state index in [2.05, 4.69) is 4.98 Å². The van der Waals surface area contributed by atoms with E-state index in [1.165, 1.54) is 17.8 Å². The van der Waals surface area contributed by atoms with Crippen molar-refractivity contribution < 1.29 is 0 Å². The van der Waals surface area contributed by atoms with Gasteiger partial charge in [0.1, 0.15) is 0 Å². The Morgan fingerprint density at radius 1 is 1.28 bits per heavy atom. The Bertz CT molecular complexity index is 590. The van der Waals surface area contributed by atoms with Crippen molar-refractivity contribution in [3.63, 3.8) is 0 Å². The van der Waals surface area contributed by atoms with Gasteiger partial charge < -0.3 is 5.73 Å². The first-order valence-electron chi connectivity index (χ1n) is 5.79. The zero-order valence-corrected chi connectivity index (χ0v) is 11.9. The second-order valence-corrected chi connectivity index (χ2v) is 6.36. The van der Waals surface area contributed by atoms with E-state index in [9.17, 15) is 0 Å². The molecule has 94 valence electrons. The first-order chi connectivity index (χ1) is 8.62. The van der Waals surface area contributed by atoms with Crippen molar-refractivity contribution in [3.05, 3.63) is 44.9 Å². The molecule has 0 radical (unpaired) electrons. The van der Waals surface area contributed by atoms with Crippen LogP contribution in [0.1, 0.15) is 30.5 Å². The highest BCUT2D eigenvalue weighted by Gasteiger charge is 2.43. The molecule has 1 saturated carbocycles. The summed E-state index contributed by atoms with van der Waals surface area (Å²) in [7, 11) is 0. The Labute approximate surface area is 120 Å². The molecule has 0 saturated heterocycles. The number of benzene rings is 1. The Balaban J connectivity index is 2.11. The van der Waals surface area contributed by atoms with Gasteiger partial charge in [-0.3, -0.25) is 0 Å². The van der Waals surface area contributed by atoms with Crippen LogP contribution in [0.4, 0.5) is 5.13 Å². The molecule has 0 spiro atoms. The lowest BCUT2D eigenvalue weighted by atomic mass is 9.63. The summed E-state index contributed by atoms with van der Waals surface area (Å²) in [5.74, 6) is 0. The van der Waals surface area contributed by atoms with Crippen LogP contribution in [-0.2, 0) is 5.41 Å². The summed E-state index contributed by atoms with van der Waals surface area (Å²) in [5, 5.41) is 4.03. The predicted octanol–water partition coefficient (Wildman–Crippen LogP) is 4.50. The van der Waals surface area contributed by atoms with Crippen molar-refractivity contribution in [1.29, 1.82) is 0 Å². The van der Waals surface area contributed by atoms with Crippen LogP contribution < -0.4 is 5.73 Å². The summed E-state index contributed by atoms with van der Waals surface area (Å²) in [6.07, 6.45) is 3.32. The van der Waals surface area contributed by atoms with Crippen LogP contribution in [0.5, 0.6) is 0 Å². The van der Waals surface area contributed by atoms with Crippen LogP contribution in [0.15, 0.2) is 23.6 Å². The van der Waals surface area contributed by atoms with Gasteiger partial charge in [-0.25, -0.2) is 4.98 Å². The molecule has 2 nitrogen and oxygen atoms in total. The molecule has 2 N–H and O–H groups in total. The van der Waals surface area contributed by atoms with Crippen molar-refractivity contribution in [3.8, 4) is 0 Å². The van der Waals surface area contributed by atoms with E-state index in [-0.39, 0.29) is 5.41 Å². The molecular weight excluding hydrogens is 287 g/mol. The smallest absolute Gasteiger partial charge is 0.180 e. The summed E-state index contributed by atoms with van der Waals surface area (Å²) in [6, 6.07) is 5.70. The van der Waals surface area contributed by atoms with Gasteiger partial charge in [0, 0.05) is 20.8 Å². The number of nitrogen functional groups attached to an aromatic ring is 1. The van der Waals surface area contributed by atoms with Gasteiger partial charge in [-0.2, -0.15) is 0 Å². The van der Waals surface area contributed by atoms with Crippen molar-refractivity contribution in [2.45, 2.75) is 24.7 Å². The summed E-state index contributed by atoms with van der Waals surface area (Å²) in [5.41, 5.74) is 7.85. The Kier molecular flexibility index (Phi) is 3.00. The number of rotatable bonds is 2. The number of nitrogens with two attached hydrogens (primary N) is 1. The highest BCUT2D eigenvalue weighted by molar-refractivity contribution is 7.13. The largest absolute Gasteiger partial charge is 0.375 e. The van der Waals surface area contributed by atoms with Gasteiger partial charge in [0.15, 0.2) is 5.13 Å². The molecule has 0 amide bonds. The zero-order valence-electron chi connectivity index (χ0n) is 9.62. The lowest BCUT2D eigenvalue weighted by Gasteiger charge is -2.41. The number of anilines is 1. The van der Waals surface area contributed by atoms with Gasteiger partial charge in [-0.05, 0) is 30.5 Å². The number of hydrogen-bond acceptors (Lipinski definition) is 3. The topological polar surface area (TPSA) is 38.9 Å². The average Bonchev–Trinajstić information content (AvgIpc) is 2.67. The minimum absolute atomic E-state index is 0.0597. The average molecular weight is 299 g/mol. The van der Waals surface area contributed by atoms with Crippen LogP contribution in [0, 0.1) is 0 Å². The van der Waals surface area contributed by atoms with Gasteiger partial charge in [-0.1, -0.05) is 35.7 Å². The normalized spacial score (nSPS) is 17.4. The van der Waals surface area contributed by atoms with Crippen LogP contribution >= 0.6 is 34.5 Å². The van der Waals surface area contributed by atoms with Gasteiger partial charge >= 0.3 is 0 Å². The molecule has 3 rings (SSSR count). The molecule has 0 aliphatic heterocycles. The van der Waals surface area contributed by atoms with Crippen molar-refractivity contribution in [2.24, 2.45) is 0 Å². The second-order valence-electron chi connectivity index (χ2n) is 4.63. The number of aromatic nitrogens is 1. The maximum absolute atomic E-state index is 6.34. The van der Waals surface area contributed by atoms with E-state index >= 15 is 0 Å². The zero-order chi connectivity index (χ0) is 12.8. The molecule has 1 aliphatic rings. The predicted molar refractivity (Wildman–Crippen MR) is 77.6 cm³/mol. The van der Waals surface area contributed by atoms with Crippen molar-refractivity contribution in [1.82, 2.24) is 4.98 Å². The summed E-state index contributed by atoms with van der Waals surface area (Å²) >= 11 is 13.8. The van der Waals surface area contributed by atoms with E-state index in [1.807, 2.05) is 17.5 Å². The molecule has 0 unspecified atom stereocenters. The standard InChI is InChI=1S/C13H12Cl2N2S/c14-8-2-3-9(10(15)6-8)13(4-1-5-13)11-7-18-12(16)17-11/h2-3,6-7H,1,4-5H2,(H2,16,17). The van der Waals surface area contributed by atoms with Crippen molar-refractivity contribution >= 4 is 39.7 Å². The van der Waals surface area contributed by atoms with Gasteiger partial charge in [0.25, 0.3) is 0 Å². The Morgan fingerprint density at radius 3 is 2.56 bits per heavy atom. The Morgan fingerprint density at radius 2 is 2.06 bits per heavy atom. The fourth-order valence-electron chi connectivity index (χ4n) is 2.58. The minimum atomic E-state index is -0.0597. The van der Waals surface area contributed by atoms with E-state index in [0.29, 0.717) is 15.2 Å².